The van der Waals surface area contributed by atoms with Crippen molar-refractivity contribution in [2.75, 3.05) is 13.1 Å². The predicted molar refractivity (Wildman–Crippen MR) is 98.7 cm³/mol. The Balaban J connectivity index is 1.61. The van der Waals surface area contributed by atoms with E-state index in [0.29, 0.717) is 18.7 Å². The van der Waals surface area contributed by atoms with E-state index < -0.39 is 10.0 Å². The monoisotopic (exact) mass is 374 g/mol. The van der Waals surface area contributed by atoms with Crippen molar-refractivity contribution in [2.45, 2.75) is 30.9 Å². The Labute approximate surface area is 153 Å². The summed E-state index contributed by atoms with van der Waals surface area (Å²) in [5.41, 5.74) is 0.437. The van der Waals surface area contributed by atoms with Gasteiger partial charge in [-0.2, -0.15) is 4.31 Å². The smallest absolute Gasteiger partial charge is 0.251 e. The number of amides is 1. The van der Waals surface area contributed by atoms with Crippen molar-refractivity contribution < 1.29 is 17.9 Å². The molecule has 3 rings (SSSR count). The molecule has 1 amide bonds. The Bertz CT molecular complexity index is 858. The molecule has 138 valence electrons. The lowest BCUT2D eigenvalue weighted by Gasteiger charge is -2.37. The van der Waals surface area contributed by atoms with Gasteiger partial charge in [0.2, 0.25) is 10.0 Å². The Kier molecular flexibility index (Phi) is 5.29. The maximum Gasteiger partial charge on any atom is 0.251 e. The van der Waals surface area contributed by atoms with Gasteiger partial charge in [-0.1, -0.05) is 18.2 Å². The molecular weight excluding hydrogens is 352 g/mol. The molecule has 26 heavy (non-hydrogen) atoms. The fourth-order valence-corrected chi connectivity index (χ4v) is 4.14. The van der Waals surface area contributed by atoms with Crippen LogP contribution in [-0.4, -0.2) is 43.9 Å². The average molecular weight is 374 g/mol. The van der Waals surface area contributed by atoms with Gasteiger partial charge in [-0.05, 0) is 50.2 Å². The minimum atomic E-state index is -3.57. The van der Waals surface area contributed by atoms with Crippen LogP contribution in [0.4, 0.5) is 0 Å². The molecule has 0 radical (unpaired) electrons. The summed E-state index contributed by atoms with van der Waals surface area (Å²) in [4.78, 5) is 12.1. The van der Waals surface area contributed by atoms with Crippen molar-refractivity contribution in [3.63, 3.8) is 0 Å². The molecule has 1 fully saturated rings. The fraction of sp³-hybridized carbons (Fsp3) is 0.316. The van der Waals surface area contributed by atoms with Crippen LogP contribution >= 0.6 is 0 Å². The molecule has 1 aliphatic heterocycles. The Morgan fingerprint density at radius 3 is 2.27 bits per heavy atom. The largest absolute Gasteiger partial charge is 0.488 e. The van der Waals surface area contributed by atoms with Crippen LogP contribution in [0.2, 0.25) is 0 Å². The first-order valence-electron chi connectivity index (χ1n) is 8.49. The number of para-hydroxylation sites is 1. The van der Waals surface area contributed by atoms with Gasteiger partial charge in [-0.25, -0.2) is 8.42 Å². The van der Waals surface area contributed by atoms with Gasteiger partial charge in [0.05, 0.1) is 18.0 Å². The van der Waals surface area contributed by atoms with Gasteiger partial charge in [0.15, 0.2) is 0 Å². The van der Waals surface area contributed by atoms with Crippen molar-refractivity contribution in [1.29, 1.82) is 0 Å². The van der Waals surface area contributed by atoms with Crippen LogP contribution in [0, 0.1) is 0 Å². The van der Waals surface area contributed by atoms with Crippen molar-refractivity contribution in [3.8, 4) is 5.75 Å². The highest BCUT2D eigenvalue weighted by Crippen LogP contribution is 2.25. The molecule has 0 spiro atoms. The molecule has 7 heteroatoms. The zero-order valence-electron chi connectivity index (χ0n) is 14.8. The molecule has 1 heterocycles. The zero-order chi connectivity index (χ0) is 18.7. The number of hydrogen-bond acceptors (Lipinski definition) is 4. The van der Waals surface area contributed by atoms with E-state index in [-0.39, 0.29) is 22.9 Å². The van der Waals surface area contributed by atoms with E-state index in [0.717, 1.165) is 5.75 Å². The number of nitrogens with zero attached hydrogens (tertiary/aromatic N) is 1. The SMILES string of the molecule is CC(C)NC(=O)c1ccc(S(=O)(=O)N2CC(Oc3ccccc3)C2)cc1. The summed E-state index contributed by atoms with van der Waals surface area (Å²) in [6.45, 7) is 4.36. The second-order valence-electron chi connectivity index (χ2n) is 6.53. The molecule has 0 bridgehead atoms. The lowest BCUT2D eigenvalue weighted by atomic mass is 10.2. The lowest BCUT2D eigenvalue weighted by molar-refractivity contribution is 0.0762. The number of hydrogen-bond donors (Lipinski definition) is 1. The third kappa shape index (κ3) is 4.05. The van der Waals surface area contributed by atoms with Crippen LogP contribution in [0.3, 0.4) is 0 Å². The third-order valence-corrected chi connectivity index (χ3v) is 5.88. The number of rotatable bonds is 6. The molecule has 1 aliphatic rings. The first kappa shape index (κ1) is 18.4. The van der Waals surface area contributed by atoms with Crippen LogP contribution in [0.1, 0.15) is 24.2 Å². The molecule has 0 atom stereocenters. The predicted octanol–water partition coefficient (Wildman–Crippen LogP) is 2.28. The fourth-order valence-electron chi connectivity index (χ4n) is 2.64. The molecule has 1 saturated heterocycles. The number of sulfonamides is 1. The Morgan fingerprint density at radius 1 is 1.08 bits per heavy atom. The summed E-state index contributed by atoms with van der Waals surface area (Å²) < 4.78 is 32.4. The number of benzene rings is 2. The summed E-state index contributed by atoms with van der Waals surface area (Å²) in [6, 6.07) is 15.4. The zero-order valence-corrected chi connectivity index (χ0v) is 15.6. The molecule has 6 nitrogen and oxygen atoms in total. The van der Waals surface area contributed by atoms with Crippen molar-refractivity contribution in [1.82, 2.24) is 9.62 Å². The van der Waals surface area contributed by atoms with Crippen molar-refractivity contribution >= 4 is 15.9 Å². The second kappa shape index (κ2) is 7.47. The Hall–Kier alpha value is -2.38. The van der Waals surface area contributed by atoms with Gasteiger partial charge >= 0.3 is 0 Å². The minimum absolute atomic E-state index is 0.0218. The number of nitrogens with one attached hydrogen (secondary N) is 1. The molecular formula is C19H22N2O4S. The number of carbonyl (C=O) groups excluding carboxylic acids is 1. The van der Waals surface area contributed by atoms with Crippen LogP contribution in [0.5, 0.6) is 5.75 Å². The third-order valence-electron chi connectivity index (χ3n) is 4.03. The van der Waals surface area contributed by atoms with Crippen molar-refractivity contribution in [3.05, 3.63) is 60.2 Å². The highest BCUT2D eigenvalue weighted by molar-refractivity contribution is 7.89. The van der Waals surface area contributed by atoms with Crippen molar-refractivity contribution in [2.24, 2.45) is 0 Å². The topological polar surface area (TPSA) is 75.7 Å². The molecule has 0 aliphatic carbocycles. The average Bonchev–Trinajstić information content (AvgIpc) is 2.58. The number of carbonyl (C=O) groups is 1. The van der Waals surface area contributed by atoms with E-state index in [4.69, 9.17) is 4.74 Å². The van der Waals surface area contributed by atoms with Crippen LogP contribution in [0.25, 0.3) is 0 Å². The molecule has 0 unspecified atom stereocenters. The van der Waals surface area contributed by atoms with E-state index in [1.54, 1.807) is 0 Å². The molecule has 0 saturated carbocycles. The maximum absolute atomic E-state index is 12.6. The molecule has 2 aromatic rings. The van der Waals surface area contributed by atoms with Gasteiger partial charge in [-0.3, -0.25) is 4.79 Å². The van der Waals surface area contributed by atoms with Gasteiger partial charge in [-0.15, -0.1) is 0 Å². The van der Waals surface area contributed by atoms with E-state index in [2.05, 4.69) is 5.32 Å². The van der Waals surface area contributed by atoms with Crippen LogP contribution < -0.4 is 10.1 Å². The lowest BCUT2D eigenvalue weighted by Crippen LogP contribution is -2.55. The van der Waals surface area contributed by atoms with Gasteiger partial charge in [0.25, 0.3) is 5.91 Å². The molecule has 2 aromatic carbocycles. The summed E-state index contributed by atoms with van der Waals surface area (Å²) in [7, 11) is -3.57. The summed E-state index contributed by atoms with van der Waals surface area (Å²) in [6.07, 6.45) is -0.150. The molecule has 0 aromatic heterocycles. The summed E-state index contributed by atoms with van der Waals surface area (Å²) in [5.74, 6) is 0.513. The van der Waals surface area contributed by atoms with E-state index in [1.165, 1.54) is 28.6 Å². The quantitative estimate of drug-likeness (QED) is 0.842. The number of ether oxygens (including phenoxy) is 1. The van der Waals surface area contributed by atoms with Crippen LogP contribution in [-0.2, 0) is 10.0 Å². The van der Waals surface area contributed by atoms with E-state index >= 15 is 0 Å². The Morgan fingerprint density at radius 2 is 1.69 bits per heavy atom. The van der Waals surface area contributed by atoms with Gasteiger partial charge in [0.1, 0.15) is 11.9 Å². The molecule has 1 N–H and O–H groups in total. The van der Waals surface area contributed by atoms with E-state index in [1.807, 2.05) is 44.2 Å². The van der Waals surface area contributed by atoms with Gasteiger partial charge < -0.3 is 10.1 Å². The standard InChI is InChI=1S/C19H22N2O4S/c1-14(2)20-19(22)15-8-10-18(11-9-15)26(23,24)21-12-17(13-21)25-16-6-4-3-5-7-16/h3-11,14,17H,12-13H2,1-2H3,(H,20,22). The first-order chi connectivity index (χ1) is 12.4. The summed E-state index contributed by atoms with van der Waals surface area (Å²) in [5, 5.41) is 2.78. The first-order valence-corrected chi connectivity index (χ1v) is 9.93. The normalized spacial score (nSPS) is 15.5. The van der Waals surface area contributed by atoms with E-state index in [9.17, 15) is 13.2 Å². The summed E-state index contributed by atoms with van der Waals surface area (Å²) >= 11 is 0. The maximum atomic E-state index is 12.6. The minimum Gasteiger partial charge on any atom is -0.488 e. The van der Waals surface area contributed by atoms with Crippen LogP contribution in [0.15, 0.2) is 59.5 Å². The second-order valence-corrected chi connectivity index (χ2v) is 8.47. The highest BCUT2D eigenvalue weighted by Gasteiger charge is 2.38. The highest BCUT2D eigenvalue weighted by atomic mass is 32.2. The van der Waals surface area contributed by atoms with Gasteiger partial charge in [0, 0.05) is 11.6 Å².